The van der Waals surface area contributed by atoms with Gasteiger partial charge in [0.05, 0.1) is 12.1 Å². The number of nitrogens with two attached hydrogens (primary N) is 1. The molecule has 0 unspecified atom stereocenters. The van der Waals surface area contributed by atoms with Crippen molar-refractivity contribution in [2.75, 3.05) is 19.6 Å². The molecule has 3 aliphatic heterocycles. The smallest absolute Gasteiger partial charge is 0.370 e. The summed E-state index contributed by atoms with van der Waals surface area (Å²) in [6.07, 6.45) is 1.76. The highest BCUT2D eigenvalue weighted by Gasteiger charge is 2.48. The van der Waals surface area contributed by atoms with E-state index in [2.05, 4.69) is 9.44 Å². The number of hydrogen-bond acceptors (Lipinski definition) is 7. The molecule has 4 heterocycles. The maximum Gasteiger partial charge on any atom is 0.418 e. The Bertz CT molecular complexity index is 865. The lowest BCUT2D eigenvalue weighted by Crippen LogP contribution is -2.53. The van der Waals surface area contributed by atoms with E-state index in [1.54, 1.807) is 11.0 Å². The standard InChI is InChI=1S/C14H20N6O6S/c15-13(16)18-5-8(6-18)3-10-4-11(17-25-10)12-2-1-9-7-19(12)14(21)20(9)26-27(22,23)24/h4,8-9,12H,1-3,5-7H2,(H3,15,16)(H,22,23,24)/t9-,12+/m1/s1. The second-order valence-corrected chi connectivity index (χ2v) is 8.09. The number of likely N-dealkylation sites (tertiary alicyclic amines) is 1. The van der Waals surface area contributed by atoms with Gasteiger partial charge < -0.3 is 20.1 Å². The molecule has 1 aromatic rings. The minimum atomic E-state index is -4.76. The molecule has 3 aliphatic rings. The van der Waals surface area contributed by atoms with Crippen molar-refractivity contribution in [3.63, 3.8) is 0 Å². The summed E-state index contributed by atoms with van der Waals surface area (Å²) in [5.41, 5.74) is 6.03. The molecule has 4 N–H and O–H groups in total. The Balaban J connectivity index is 1.41. The number of amides is 2. The van der Waals surface area contributed by atoms with E-state index in [-0.39, 0.29) is 18.5 Å². The molecule has 12 nitrogen and oxygen atoms in total. The Morgan fingerprint density at radius 2 is 2.15 bits per heavy atom. The van der Waals surface area contributed by atoms with Crippen LogP contribution in [0.15, 0.2) is 10.6 Å². The Morgan fingerprint density at radius 3 is 2.81 bits per heavy atom. The van der Waals surface area contributed by atoms with Crippen molar-refractivity contribution in [2.24, 2.45) is 11.7 Å². The molecule has 3 saturated heterocycles. The zero-order valence-electron chi connectivity index (χ0n) is 14.3. The fourth-order valence-electron chi connectivity index (χ4n) is 3.90. The summed E-state index contributed by atoms with van der Waals surface area (Å²) >= 11 is 0. The first kappa shape index (κ1) is 18.0. The van der Waals surface area contributed by atoms with Gasteiger partial charge in [-0.1, -0.05) is 5.16 Å². The molecule has 2 amide bonds. The highest BCUT2D eigenvalue weighted by molar-refractivity contribution is 7.80. The molecule has 148 valence electrons. The molecule has 4 rings (SSSR count). The van der Waals surface area contributed by atoms with Crippen LogP contribution in [-0.2, 0) is 21.1 Å². The number of nitrogens with one attached hydrogen (secondary N) is 1. The van der Waals surface area contributed by atoms with Crippen molar-refractivity contribution in [3.05, 3.63) is 17.5 Å². The monoisotopic (exact) mass is 400 g/mol. The van der Waals surface area contributed by atoms with Crippen LogP contribution in [0, 0.1) is 11.3 Å². The zero-order valence-corrected chi connectivity index (χ0v) is 15.1. The number of piperidine rings is 1. The van der Waals surface area contributed by atoms with Gasteiger partial charge in [-0.15, -0.1) is 4.28 Å². The van der Waals surface area contributed by atoms with E-state index in [0.29, 0.717) is 54.8 Å². The first-order valence-corrected chi connectivity index (χ1v) is 9.89. The van der Waals surface area contributed by atoms with Gasteiger partial charge >= 0.3 is 16.4 Å². The summed E-state index contributed by atoms with van der Waals surface area (Å²) < 4.78 is 40.6. The van der Waals surface area contributed by atoms with Gasteiger partial charge in [-0.3, -0.25) is 9.96 Å². The molecule has 3 fully saturated rings. The number of urea groups is 1. The third kappa shape index (κ3) is 3.44. The van der Waals surface area contributed by atoms with Gasteiger partial charge in [0.25, 0.3) is 0 Å². The lowest BCUT2D eigenvalue weighted by atomic mass is 9.94. The Hall–Kier alpha value is -2.38. The lowest BCUT2D eigenvalue weighted by molar-refractivity contribution is -0.0317. The highest BCUT2D eigenvalue weighted by Crippen LogP contribution is 2.38. The van der Waals surface area contributed by atoms with Crippen molar-refractivity contribution in [1.29, 1.82) is 5.41 Å². The zero-order chi connectivity index (χ0) is 19.3. The topological polar surface area (TPSA) is 166 Å². The number of carbonyl (C=O) groups excluding carboxylic acids is 1. The summed E-state index contributed by atoms with van der Waals surface area (Å²) in [7, 11) is -4.76. The predicted molar refractivity (Wildman–Crippen MR) is 89.5 cm³/mol. The summed E-state index contributed by atoms with van der Waals surface area (Å²) in [6, 6.07) is 0.410. The number of fused-ring (bicyclic) bond motifs is 2. The van der Waals surface area contributed by atoms with Crippen LogP contribution in [0.3, 0.4) is 0 Å². The van der Waals surface area contributed by atoms with Crippen LogP contribution in [0.5, 0.6) is 0 Å². The average Bonchev–Trinajstić information content (AvgIpc) is 3.09. The van der Waals surface area contributed by atoms with Crippen molar-refractivity contribution >= 4 is 22.4 Å². The second kappa shape index (κ2) is 6.35. The number of hydroxylamine groups is 2. The van der Waals surface area contributed by atoms with E-state index in [1.807, 2.05) is 0 Å². The number of carbonyl (C=O) groups is 1. The molecule has 0 saturated carbocycles. The second-order valence-electron chi connectivity index (χ2n) is 7.09. The van der Waals surface area contributed by atoms with E-state index in [1.165, 1.54) is 4.90 Å². The molecule has 1 aromatic heterocycles. The fraction of sp³-hybridized carbons (Fsp3) is 0.643. The number of guanidine groups is 1. The van der Waals surface area contributed by atoms with E-state index >= 15 is 0 Å². The highest BCUT2D eigenvalue weighted by atomic mass is 32.3. The molecule has 27 heavy (non-hydrogen) atoms. The summed E-state index contributed by atoms with van der Waals surface area (Å²) in [4.78, 5) is 15.7. The van der Waals surface area contributed by atoms with Crippen LogP contribution < -0.4 is 5.73 Å². The van der Waals surface area contributed by atoms with Crippen LogP contribution in [0.25, 0.3) is 0 Å². The van der Waals surface area contributed by atoms with Crippen molar-refractivity contribution in [2.45, 2.75) is 31.3 Å². The molecule has 2 bridgehead atoms. The molecule has 0 spiro atoms. The normalized spacial score (nSPS) is 25.8. The Morgan fingerprint density at radius 1 is 1.41 bits per heavy atom. The molecular weight excluding hydrogens is 380 g/mol. The van der Waals surface area contributed by atoms with E-state index in [0.717, 1.165) is 0 Å². The molecule has 2 atom stereocenters. The maximum absolute atomic E-state index is 12.4. The minimum absolute atomic E-state index is 0.0606. The van der Waals surface area contributed by atoms with Gasteiger partial charge in [0.2, 0.25) is 0 Å². The van der Waals surface area contributed by atoms with Crippen LogP contribution >= 0.6 is 0 Å². The first-order valence-electron chi connectivity index (χ1n) is 8.52. The van der Waals surface area contributed by atoms with Gasteiger partial charge in [0, 0.05) is 38.0 Å². The number of hydrogen-bond donors (Lipinski definition) is 3. The van der Waals surface area contributed by atoms with Gasteiger partial charge in [0.15, 0.2) is 5.96 Å². The predicted octanol–water partition coefficient (Wildman–Crippen LogP) is -0.282. The minimum Gasteiger partial charge on any atom is -0.370 e. The summed E-state index contributed by atoms with van der Waals surface area (Å²) in [5, 5.41) is 12.1. The Kier molecular flexibility index (Phi) is 4.24. The van der Waals surface area contributed by atoms with E-state index in [4.69, 9.17) is 20.2 Å². The maximum atomic E-state index is 12.4. The summed E-state index contributed by atoms with van der Waals surface area (Å²) in [5.74, 6) is 1.08. The average molecular weight is 400 g/mol. The van der Waals surface area contributed by atoms with Gasteiger partial charge in [0.1, 0.15) is 11.5 Å². The number of rotatable bonds is 5. The third-order valence-electron chi connectivity index (χ3n) is 5.20. The quantitative estimate of drug-likeness (QED) is 0.342. The molecule has 0 radical (unpaired) electrons. The summed E-state index contributed by atoms with van der Waals surface area (Å²) in [6.45, 7) is 1.68. The van der Waals surface area contributed by atoms with E-state index < -0.39 is 22.5 Å². The van der Waals surface area contributed by atoms with Crippen molar-refractivity contribution in [1.82, 2.24) is 20.0 Å². The molecule has 0 aliphatic carbocycles. The molecule has 13 heteroatoms. The van der Waals surface area contributed by atoms with Gasteiger partial charge in [-0.2, -0.15) is 13.5 Å². The van der Waals surface area contributed by atoms with E-state index in [9.17, 15) is 13.2 Å². The first-order chi connectivity index (χ1) is 12.7. The van der Waals surface area contributed by atoms with Gasteiger partial charge in [-0.05, 0) is 12.8 Å². The van der Waals surface area contributed by atoms with Crippen LogP contribution in [0.1, 0.15) is 30.3 Å². The van der Waals surface area contributed by atoms with Crippen LogP contribution in [0.2, 0.25) is 0 Å². The largest absolute Gasteiger partial charge is 0.418 e. The van der Waals surface area contributed by atoms with Crippen molar-refractivity contribution in [3.8, 4) is 0 Å². The SMILES string of the molecule is N=C(N)N1CC(Cc2cc([C@@H]3CC[C@@H]4CN3C(=O)N4OS(=O)(=O)O)no2)C1. The van der Waals surface area contributed by atoms with Crippen LogP contribution in [0.4, 0.5) is 4.79 Å². The molecular formula is C14H20N6O6S. The van der Waals surface area contributed by atoms with Crippen LogP contribution in [-0.4, -0.2) is 70.7 Å². The Labute approximate surface area is 155 Å². The fourth-order valence-corrected chi connectivity index (χ4v) is 4.29. The molecule has 0 aromatic carbocycles. The lowest BCUT2D eigenvalue weighted by Gasteiger charge is -2.39. The van der Waals surface area contributed by atoms with Crippen molar-refractivity contribution < 1.29 is 26.6 Å². The number of nitrogens with zero attached hydrogens (tertiary/aromatic N) is 4. The van der Waals surface area contributed by atoms with Gasteiger partial charge in [-0.25, -0.2) is 4.79 Å². The third-order valence-corrected chi connectivity index (χ3v) is 5.55. The number of aromatic nitrogens is 1.